The summed E-state index contributed by atoms with van der Waals surface area (Å²) in [4.78, 5) is 31.8. The van der Waals surface area contributed by atoms with Crippen molar-refractivity contribution < 1.29 is 4.79 Å². The highest BCUT2D eigenvalue weighted by atomic mass is 35.5. The number of halogens is 1. The first-order valence-electron chi connectivity index (χ1n) is 7.50. The quantitative estimate of drug-likeness (QED) is 0.592. The van der Waals surface area contributed by atoms with Gasteiger partial charge in [0.05, 0.1) is 11.2 Å². The number of anilines is 1. The molecule has 7 nitrogen and oxygen atoms in total. The van der Waals surface area contributed by atoms with Crippen LogP contribution in [0.2, 0.25) is 5.02 Å². The third-order valence-electron chi connectivity index (χ3n) is 3.81. The van der Waals surface area contributed by atoms with Crippen LogP contribution in [0.1, 0.15) is 0 Å². The third-order valence-corrected chi connectivity index (χ3v) is 4.03. The number of aromatic amines is 1. The second kappa shape index (κ2) is 6.03. The molecule has 4 rings (SSSR count). The number of fused-ring (bicyclic) bond motifs is 3. The van der Waals surface area contributed by atoms with Crippen LogP contribution in [0.3, 0.4) is 0 Å². The number of hydrogen-bond acceptors (Lipinski definition) is 4. The molecule has 25 heavy (non-hydrogen) atoms. The number of nitrogens with zero attached hydrogens (tertiary/aromatic N) is 3. The Kier molecular flexibility index (Phi) is 3.70. The number of para-hydroxylation sites is 1. The molecule has 124 valence electrons. The van der Waals surface area contributed by atoms with Crippen LogP contribution in [0.4, 0.5) is 5.82 Å². The summed E-state index contributed by atoms with van der Waals surface area (Å²) in [5.74, 6) is -0.0472. The van der Waals surface area contributed by atoms with E-state index < -0.39 is 5.91 Å². The summed E-state index contributed by atoms with van der Waals surface area (Å²) in [7, 11) is 0. The first kappa shape index (κ1) is 15.3. The number of amides is 1. The van der Waals surface area contributed by atoms with Crippen molar-refractivity contribution in [3.05, 3.63) is 64.2 Å². The molecule has 0 saturated heterocycles. The molecule has 0 fully saturated rings. The molecule has 3 aromatic heterocycles. The minimum Gasteiger partial charge on any atom is -0.350 e. The van der Waals surface area contributed by atoms with Crippen LogP contribution >= 0.6 is 11.6 Å². The number of benzene rings is 1. The smallest absolute Gasteiger partial charge is 0.291 e. The van der Waals surface area contributed by atoms with Gasteiger partial charge in [-0.05, 0) is 18.2 Å². The molecular formula is C17H12ClN5O2. The molecule has 3 heterocycles. The SMILES string of the molecule is O=C(Cn1ncc2c([nH]c3ccccc32)c1=O)Nc1ccc(Cl)cn1. The number of aromatic nitrogens is 4. The molecule has 0 aliphatic carbocycles. The summed E-state index contributed by atoms with van der Waals surface area (Å²) in [6.45, 7) is -0.214. The van der Waals surface area contributed by atoms with E-state index in [-0.39, 0.29) is 12.1 Å². The summed E-state index contributed by atoms with van der Waals surface area (Å²) >= 11 is 5.75. The van der Waals surface area contributed by atoms with Gasteiger partial charge in [-0.1, -0.05) is 29.8 Å². The maximum atomic E-state index is 12.6. The van der Waals surface area contributed by atoms with Crippen LogP contribution < -0.4 is 10.9 Å². The zero-order chi connectivity index (χ0) is 17.4. The zero-order valence-corrected chi connectivity index (χ0v) is 13.6. The molecule has 4 aromatic rings. The van der Waals surface area contributed by atoms with Gasteiger partial charge in [-0.3, -0.25) is 9.59 Å². The molecule has 0 radical (unpaired) electrons. The van der Waals surface area contributed by atoms with E-state index in [0.717, 1.165) is 21.0 Å². The average Bonchev–Trinajstić information content (AvgIpc) is 2.99. The van der Waals surface area contributed by atoms with Crippen molar-refractivity contribution in [3.63, 3.8) is 0 Å². The van der Waals surface area contributed by atoms with Gasteiger partial charge in [0.2, 0.25) is 5.91 Å². The van der Waals surface area contributed by atoms with Crippen LogP contribution in [-0.2, 0) is 11.3 Å². The molecule has 0 aliphatic rings. The van der Waals surface area contributed by atoms with E-state index in [1.807, 2.05) is 24.3 Å². The van der Waals surface area contributed by atoms with Crippen LogP contribution in [0.25, 0.3) is 21.8 Å². The maximum Gasteiger partial charge on any atom is 0.291 e. The van der Waals surface area contributed by atoms with Gasteiger partial charge < -0.3 is 10.3 Å². The number of rotatable bonds is 3. The molecule has 0 bridgehead atoms. The Morgan fingerprint density at radius 2 is 2.00 bits per heavy atom. The fourth-order valence-corrected chi connectivity index (χ4v) is 2.77. The molecule has 1 aromatic carbocycles. The highest BCUT2D eigenvalue weighted by Crippen LogP contribution is 2.21. The summed E-state index contributed by atoms with van der Waals surface area (Å²) in [5, 5.41) is 8.83. The lowest BCUT2D eigenvalue weighted by Crippen LogP contribution is -2.29. The fourth-order valence-electron chi connectivity index (χ4n) is 2.66. The number of carbonyl (C=O) groups is 1. The van der Waals surface area contributed by atoms with Gasteiger partial charge in [0.25, 0.3) is 5.56 Å². The number of pyridine rings is 1. The van der Waals surface area contributed by atoms with Gasteiger partial charge in [-0.25, -0.2) is 9.67 Å². The highest BCUT2D eigenvalue weighted by molar-refractivity contribution is 6.30. The van der Waals surface area contributed by atoms with Crippen molar-refractivity contribution in [1.82, 2.24) is 19.7 Å². The lowest BCUT2D eigenvalue weighted by atomic mass is 10.2. The Morgan fingerprint density at radius 3 is 2.80 bits per heavy atom. The van der Waals surface area contributed by atoms with Crippen molar-refractivity contribution in [2.24, 2.45) is 0 Å². The van der Waals surface area contributed by atoms with Crippen LogP contribution in [0.5, 0.6) is 0 Å². The summed E-state index contributed by atoms with van der Waals surface area (Å²) < 4.78 is 1.11. The number of hydrogen-bond donors (Lipinski definition) is 2. The molecule has 1 amide bonds. The Balaban J connectivity index is 1.64. The topological polar surface area (TPSA) is 92.7 Å². The standard InChI is InChI=1S/C17H12ClN5O2/c18-10-5-6-14(19-7-10)22-15(24)9-23-17(25)16-12(8-20-23)11-3-1-2-4-13(11)21-16/h1-8,21H,9H2,(H,19,22,24). The summed E-state index contributed by atoms with van der Waals surface area (Å²) in [6.07, 6.45) is 3.02. The average molecular weight is 354 g/mol. The largest absolute Gasteiger partial charge is 0.350 e. The van der Waals surface area contributed by atoms with Gasteiger partial charge in [0.1, 0.15) is 17.9 Å². The number of carbonyl (C=O) groups excluding carboxylic acids is 1. The molecule has 0 spiro atoms. The van der Waals surface area contributed by atoms with Crippen molar-refractivity contribution in [3.8, 4) is 0 Å². The van der Waals surface area contributed by atoms with Gasteiger partial charge in [0.15, 0.2) is 0 Å². The Morgan fingerprint density at radius 1 is 1.16 bits per heavy atom. The number of nitrogens with one attached hydrogen (secondary N) is 2. The summed E-state index contributed by atoms with van der Waals surface area (Å²) in [5.41, 5.74) is 0.922. The molecule has 2 N–H and O–H groups in total. The molecule has 8 heteroatoms. The maximum absolute atomic E-state index is 12.6. The normalized spacial score (nSPS) is 11.1. The lowest BCUT2D eigenvalue weighted by molar-refractivity contribution is -0.117. The van der Waals surface area contributed by atoms with Gasteiger partial charge in [-0.2, -0.15) is 5.10 Å². The van der Waals surface area contributed by atoms with E-state index in [1.165, 1.54) is 6.20 Å². The van der Waals surface area contributed by atoms with E-state index in [1.54, 1.807) is 18.3 Å². The molecule has 0 aliphatic heterocycles. The minimum atomic E-state index is -0.403. The van der Waals surface area contributed by atoms with Crippen molar-refractivity contribution in [2.45, 2.75) is 6.54 Å². The van der Waals surface area contributed by atoms with Gasteiger partial charge in [0, 0.05) is 22.5 Å². The first-order valence-corrected chi connectivity index (χ1v) is 7.87. The van der Waals surface area contributed by atoms with E-state index in [0.29, 0.717) is 16.4 Å². The van der Waals surface area contributed by atoms with Gasteiger partial charge in [-0.15, -0.1) is 0 Å². The fraction of sp³-hybridized carbons (Fsp3) is 0.0588. The minimum absolute atomic E-state index is 0.214. The third kappa shape index (κ3) is 2.85. The second-order valence-electron chi connectivity index (χ2n) is 5.48. The molecule has 0 saturated carbocycles. The lowest BCUT2D eigenvalue weighted by Gasteiger charge is -2.06. The Hall–Kier alpha value is -3.19. The van der Waals surface area contributed by atoms with E-state index >= 15 is 0 Å². The van der Waals surface area contributed by atoms with Crippen molar-refractivity contribution in [2.75, 3.05) is 5.32 Å². The van der Waals surface area contributed by atoms with Crippen LogP contribution in [0.15, 0.2) is 53.6 Å². The van der Waals surface area contributed by atoms with E-state index in [4.69, 9.17) is 11.6 Å². The molecule has 0 unspecified atom stereocenters. The predicted molar refractivity (Wildman–Crippen MR) is 95.7 cm³/mol. The van der Waals surface area contributed by atoms with E-state index in [9.17, 15) is 9.59 Å². The second-order valence-corrected chi connectivity index (χ2v) is 5.91. The van der Waals surface area contributed by atoms with Crippen LogP contribution in [-0.4, -0.2) is 25.7 Å². The van der Waals surface area contributed by atoms with Gasteiger partial charge >= 0.3 is 0 Å². The highest BCUT2D eigenvalue weighted by Gasteiger charge is 2.12. The van der Waals surface area contributed by atoms with E-state index in [2.05, 4.69) is 20.4 Å². The predicted octanol–water partition coefficient (Wildman–Crippen LogP) is 2.56. The first-order chi connectivity index (χ1) is 12.1. The Labute approximate surface area is 146 Å². The van der Waals surface area contributed by atoms with Crippen LogP contribution in [0, 0.1) is 0 Å². The van der Waals surface area contributed by atoms with Crippen molar-refractivity contribution in [1.29, 1.82) is 0 Å². The molecular weight excluding hydrogens is 342 g/mol. The summed E-state index contributed by atoms with van der Waals surface area (Å²) in [6, 6.07) is 10.8. The monoisotopic (exact) mass is 353 g/mol. The molecule has 0 atom stereocenters. The van der Waals surface area contributed by atoms with Crippen molar-refractivity contribution >= 4 is 45.1 Å². The zero-order valence-electron chi connectivity index (χ0n) is 12.9. The Bertz CT molecular complexity index is 1150. The number of H-pyrrole nitrogens is 1.